The molecule has 0 aliphatic carbocycles. The smallest absolute Gasteiger partial charge is 0.244 e. The highest BCUT2D eigenvalue weighted by molar-refractivity contribution is 7.89. The zero-order chi connectivity index (χ0) is 22.8. The molecule has 7 heteroatoms. The summed E-state index contributed by atoms with van der Waals surface area (Å²) in [6, 6.07) is 23.3. The van der Waals surface area contributed by atoms with E-state index in [0.717, 1.165) is 27.6 Å². The van der Waals surface area contributed by atoms with Gasteiger partial charge in [0.2, 0.25) is 15.9 Å². The Bertz CT molecular complexity index is 1400. The van der Waals surface area contributed by atoms with Crippen LogP contribution in [-0.4, -0.2) is 36.2 Å². The average Bonchev–Trinajstić information content (AvgIpc) is 3.27. The molecular weight excluding hydrogens is 434 g/mol. The third-order valence-electron chi connectivity index (χ3n) is 6.23. The Morgan fingerprint density at radius 3 is 2.45 bits per heavy atom. The summed E-state index contributed by atoms with van der Waals surface area (Å²) < 4.78 is 28.3. The molecule has 0 saturated carbocycles. The Morgan fingerprint density at radius 2 is 1.64 bits per heavy atom. The van der Waals surface area contributed by atoms with Crippen LogP contribution in [0.3, 0.4) is 0 Å². The molecule has 0 fully saturated rings. The van der Waals surface area contributed by atoms with Gasteiger partial charge in [-0.1, -0.05) is 60.7 Å². The monoisotopic (exact) mass is 459 g/mol. The summed E-state index contributed by atoms with van der Waals surface area (Å²) in [5, 5.41) is 4.11. The fourth-order valence-corrected chi connectivity index (χ4v) is 6.07. The first-order chi connectivity index (χ1) is 16.0. The number of rotatable bonds is 6. The number of hydrogen-bond acceptors (Lipinski definition) is 3. The lowest BCUT2D eigenvalue weighted by molar-refractivity contribution is -0.125. The van der Waals surface area contributed by atoms with Gasteiger partial charge < -0.3 is 10.3 Å². The van der Waals surface area contributed by atoms with E-state index in [9.17, 15) is 13.2 Å². The number of hydrogen-bond donors (Lipinski definition) is 2. The van der Waals surface area contributed by atoms with Gasteiger partial charge in [0.1, 0.15) is 6.04 Å². The topological polar surface area (TPSA) is 82.3 Å². The first-order valence-electron chi connectivity index (χ1n) is 11.0. The van der Waals surface area contributed by atoms with E-state index in [0.29, 0.717) is 19.4 Å². The van der Waals surface area contributed by atoms with Crippen LogP contribution in [0.25, 0.3) is 10.9 Å². The van der Waals surface area contributed by atoms with E-state index < -0.39 is 16.1 Å². The van der Waals surface area contributed by atoms with Gasteiger partial charge >= 0.3 is 0 Å². The number of sulfonamides is 1. The molecule has 33 heavy (non-hydrogen) atoms. The number of fused-ring (bicyclic) bond motifs is 2. The molecule has 0 bridgehead atoms. The number of carbonyl (C=O) groups is 1. The minimum Gasteiger partial charge on any atom is -0.361 e. The van der Waals surface area contributed by atoms with Crippen LogP contribution in [0.2, 0.25) is 0 Å². The highest BCUT2D eigenvalue weighted by Crippen LogP contribution is 2.29. The van der Waals surface area contributed by atoms with Gasteiger partial charge in [0.05, 0.1) is 4.90 Å². The molecule has 168 valence electrons. The van der Waals surface area contributed by atoms with Crippen LogP contribution in [0.5, 0.6) is 0 Å². The summed E-state index contributed by atoms with van der Waals surface area (Å²) in [6.07, 6.45) is 2.96. The van der Waals surface area contributed by atoms with E-state index in [-0.39, 0.29) is 17.3 Å². The summed E-state index contributed by atoms with van der Waals surface area (Å²) in [5.74, 6) is -0.274. The van der Waals surface area contributed by atoms with Gasteiger partial charge in [-0.25, -0.2) is 8.42 Å². The normalized spacial score (nSPS) is 16.4. The molecule has 1 aliphatic rings. The van der Waals surface area contributed by atoms with Crippen molar-refractivity contribution in [2.24, 2.45) is 0 Å². The van der Waals surface area contributed by atoms with Crippen LogP contribution in [0.4, 0.5) is 0 Å². The van der Waals surface area contributed by atoms with E-state index in [2.05, 4.69) is 16.4 Å². The molecule has 4 aromatic rings. The lowest BCUT2D eigenvalue weighted by atomic mass is 9.95. The van der Waals surface area contributed by atoms with Crippen LogP contribution < -0.4 is 5.32 Å². The second kappa shape index (κ2) is 8.84. The van der Waals surface area contributed by atoms with Crippen molar-refractivity contribution in [1.82, 2.24) is 14.6 Å². The van der Waals surface area contributed by atoms with Crippen molar-refractivity contribution in [2.45, 2.75) is 30.3 Å². The van der Waals surface area contributed by atoms with E-state index in [1.807, 2.05) is 48.7 Å². The molecule has 1 amide bonds. The Hall–Kier alpha value is -3.42. The molecule has 0 saturated heterocycles. The van der Waals surface area contributed by atoms with E-state index >= 15 is 0 Å². The van der Waals surface area contributed by atoms with Crippen molar-refractivity contribution in [1.29, 1.82) is 0 Å². The van der Waals surface area contributed by atoms with Gasteiger partial charge in [0, 0.05) is 30.2 Å². The van der Waals surface area contributed by atoms with Crippen molar-refractivity contribution in [2.75, 3.05) is 6.54 Å². The average molecular weight is 460 g/mol. The van der Waals surface area contributed by atoms with Crippen LogP contribution in [-0.2, 0) is 34.2 Å². The minimum atomic E-state index is -3.83. The number of carbonyl (C=O) groups excluding carboxylic acids is 1. The van der Waals surface area contributed by atoms with Crippen LogP contribution in [0.15, 0.2) is 90.0 Å². The summed E-state index contributed by atoms with van der Waals surface area (Å²) >= 11 is 0. The Labute approximate surface area is 193 Å². The standard InChI is InChI=1S/C26H25N3O3S/c30-26(27-15-14-20-17-28-24-13-7-6-12-23(20)24)25-16-19-8-4-5-9-21(19)18-29(25)33(31,32)22-10-2-1-3-11-22/h1-13,17,25,28H,14-16,18H2,(H,27,30). The predicted molar refractivity (Wildman–Crippen MR) is 128 cm³/mol. The van der Waals surface area contributed by atoms with Crippen LogP contribution in [0.1, 0.15) is 16.7 Å². The second-order valence-corrected chi connectivity index (χ2v) is 10.1. The molecule has 1 aromatic heterocycles. The SMILES string of the molecule is O=C(NCCc1c[nH]c2ccccc12)C1Cc2ccccc2CN1S(=O)(=O)c1ccccc1. The van der Waals surface area contributed by atoms with E-state index in [1.54, 1.807) is 30.3 Å². The van der Waals surface area contributed by atoms with Gasteiger partial charge in [0.15, 0.2) is 0 Å². The third kappa shape index (κ3) is 4.17. The number of benzene rings is 3. The second-order valence-electron chi connectivity index (χ2n) is 8.25. The van der Waals surface area contributed by atoms with Gasteiger partial charge in [-0.2, -0.15) is 4.31 Å². The molecule has 1 aliphatic heterocycles. The lowest BCUT2D eigenvalue weighted by Gasteiger charge is -2.35. The molecule has 5 rings (SSSR count). The van der Waals surface area contributed by atoms with E-state index in [1.165, 1.54) is 4.31 Å². The van der Waals surface area contributed by atoms with E-state index in [4.69, 9.17) is 0 Å². The molecule has 0 radical (unpaired) electrons. The molecule has 0 spiro atoms. The Morgan fingerprint density at radius 1 is 0.939 bits per heavy atom. The fourth-order valence-electron chi connectivity index (χ4n) is 4.48. The largest absolute Gasteiger partial charge is 0.361 e. The highest BCUT2D eigenvalue weighted by Gasteiger charge is 2.39. The number of H-pyrrole nitrogens is 1. The molecular formula is C26H25N3O3S. The Kier molecular flexibility index (Phi) is 5.74. The van der Waals surface area contributed by atoms with Crippen molar-refractivity contribution in [3.8, 4) is 0 Å². The number of nitrogens with zero attached hydrogens (tertiary/aromatic N) is 1. The number of aromatic nitrogens is 1. The fraction of sp³-hybridized carbons (Fsp3) is 0.192. The molecule has 2 heterocycles. The van der Waals surface area contributed by atoms with Crippen LogP contribution in [0, 0.1) is 0 Å². The van der Waals surface area contributed by atoms with Crippen molar-refractivity contribution >= 4 is 26.8 Å². The quantitative estimate of drug-likeness (QED) is 0.462. The number of amides is 1. The highest BCUT2D eigenvalue weighted by atomic mass is 32.2. The zero-order valence-corrected chi connectivity index (χ0v) is 18.9. The summed E-state index contributed by atoms with van der Waals surface area (Å²) in [6.45, 7) is 0.603. The first-order valence-corrected chi connectivity index (χ1v) is 12.4. The minimum absolute atomic E-state index is 0.175. The predicted octanol–water partition coefficient (Wildman–Crippen LogP) is 3.64. The van der Waals surface area contributed by atoms with Gasteiger partial charge in [-0.15, -0.1) is 0 Å². The van der Waals surface area contributed by atoms with Crippen LogP contribution >= 0.6 is 0 Å². The molecule has 3 aromatic carbocycles. The summed E-state index contributed by atoms with van der Waals surface area (Å²) in [7, 11) is -3.83. The number of nitrogens with one attached hydrogen (secondary N) is 2. The van der Waals surface area contributed by atoms with Crippen molar-refractivity contribution < 1.29 is 13.2 Å². The molecule has 1 atom stereocenters. The summed E-state index contributed by atoms with van der Waals surface area (Å²) in [4.78, 5) is 16.7. The van der Waals surface area contributed by atoms with Gasteiger partial charge in [-0.05, 0) is 47.7 Å². The maximum atomic E-state index is 13.5. The van der Waals surface area contributed by atoms with Crippen molar-refractivity contribution in [3.05, 3.63) is 102 Å². The lowest BCUT2D eigenvalue weighted by Crippen LogP contribution is -2.52. The maximum Gasteiger partial charge on any atom is 0.244 e. The number of para-hydroxylation sites is 1. The first kappa shape index (κ1) is 21.4. The third-order valence-corrected chi connectivity index (χ3v) is 8.10. The molecule has 2 N–H and O–H groups in total. The van der Waals surface area contributed by atoms with Gasteiger partial charge in [0.25, 0.3) is 0 Å². The zero-order valence-electron chi connectivity index (χ0n) is 18.1. The Balaban J connectivity index is 1.37. The van der Waals surface area contributed by atoms with Crippen molar-refractivity contribution in [3.63, 3.8) is 0 Å². The maximum absolute atomic E-state index is 13.5. The number of aromatic amines is 1. The summed E-state index contributed by atoms with van der Waals surface area (Å²) in [5.41, 5.74) is 4.12. The van der Waals surface area contributed by atoms with Gasteiger partial charge in [-0.3, -0.25) is 4.79 Å². The molecule has 1 unspecified atom stereocenters. The molecule has 6 nitrogen and oxygen atoms in total.